The van der Waals surface area contributed by atoms with Gasteiger partial charge in [-0.25, -0.2) is 0 Å². The molecule has 3 heteroatoms. The molecular formula is C18H28N2O. The van der Waals surface area contributed by atoms with Crippen LogP contribution >= 0.6 is 0 Å². The normalized spacial score (nSPS) is 23.9. The number of carbonyl (C=O) groups is 1. The highest BCUT2D eigenvalue weighted by Gasteiger charge is 2.41. The molecule has 0 spiro atoms. The summed E-state index contributed by atoms with van der Waals surface area (Å²) in [6, 6.07) is 10.5. The van der Waals surface area contributed by atoms with Crippen molar-refractivity contribution in [3.05, 3.63) is 35.9 Å². The van der Waals surface area contributed by atoms with Crippen molar-refractivity contribution in [3.63, 3.8) is 0 Å². The first-order chi connectivity index (χ1) is 10.0. The molecule has 0 aliphatic carbocycles. The third-order valence-electron chi connectivity index (χ3n) is 4.32. The summed E-state index contributed by atoms with van der Waals surface area (Å²) in [4.78, 5) is 14.9. The smallest absolute Gasteiger partial charge is 0.241 e. The van der Waals surface area contributed by atoms with Crippen molar-refractivity contribution in [3.8, 4) is 0 Å². The fourth-order valence-electron chi connectivity index (χ4n) is 3.23. The van der Waals surface area contributed by atoms with Crippen LogP contribution in [0.3, 0.4) is 0 Å². The molecule has 1 amide bonds. The number of nitrogens with one attached hydrogen (secondary N) is 1. The van der Waals surface area contributed by atoms with E-state index in [1.807, 2.05) is 18.2 Å². The average Bonchev–Trinajstić information content (AvgIpc) is 2.78. The maximum absolute atomic E-state index is 12.8. The molecule has 1 aliphatic rings. The van der Waals surface area contributed by atoms with Crippen LogP contribution in [0.4, 0.5) is 0 Å². The summed E-state index contributed by atoms with van der Waals surface area (Å²) in [5.41, 5.74) is 1.22. The van der Waals surface area contributed by atoms with Gasteiger partial charge in [0.25, 0.3) is 0 Å². The molecule has 0 saturated carbocycles. The zero-order chi connectivity index (χ0) is 15.4. The van der Waals surface area contributed by atoms with Gasteiger partial charge in [0.05, 0.1) is 12.2 Å². The van der Waals surface area contributed by atoms with Gasteiger partial charge in [0.1, 0.15) is 0 Å². The maximum Gasteiger partial charge on any atom is 0.241 e. The Labute approximate surface area is 128 Å². The van der Waals surface area contributed by atoms with Gasteiger partial charge in [0.2, 0.25) is 5.91 Å². The lowest BCUT2D eigenvalue weighted by molar-refractivity contribution is -0.132. The Morgan fingerprint density at radius 1 is 1.19 bits per heavy atom. The summed E-state index contributed by atoms with van der Waals surface area (Å²) in [6.45, 7) is 8.71. The van der Waals surface area contributed by atoms with E-state index in [-0.39, 0.29) is 18.1 Å². The lowest BCUT2D eigenvalue weighted by Gasteiger charge is -2.32. The Hall–Kier alpha value is -1.35. The number of carbonyl (C=O) groups excluding carboxylic acids is 1. The van der Waals surface area contributed by atoms with Crippen molar-refractivity contribution in [2.45, 2.75) is 65.2 Å². The molecule has 1 aromatic carbocycles. The molecular weight excluding hydrogens is 260 g/mol. The van der Waals surface area contributed by atoms with Crippen LogP contribution in [-0.2, 0) is 11.2 Å². The van der Waals surface area contributed by atoms with Crippen LogP contribution in [0.1, 0.15) is 46.1 Å². The standard InChI is InChI=1S/C18H28N2O/c1-5-9-14(4)20-17(13(2)3)19-16(18(20)21)12-15-10-7-6-8-11-15/h6-8,10-11,13-14,16-17,19H,5,9,12H2,1-4H3. The Kier molecular flexibility index (Phi) is 5.40. The largest absolute Gasteiger partial charge is 0.323 e. The maximum atomic E-state index is 12.8. The molecule has 3 nitrogen and oxygen atoms in total. The van der Waals surface area contributed by atoms with Gasteiger partial charge in [0.15, 0.2) is 0 Å². The second-order valence-electron chi connectivity index (χ2n) is 6.48. The monoisotopic (exact) mass is 288 g/mol. The molecule has 0 radical (unpaired) electrons. The highest BCUT2D eigenvalue weighted by molar-refractivity contribution is 5.85. The van der Waals surface area contributed by atoms with Crippen LogP contribution in [0.2, 0.25) is 0 Å². The Morgan fingerprint density at radius 2 is 1.86 bits per heavy atom. The quantitative estimate of drug-likeness (QED) is 0.872. The summed E-state index contributed by atoms with van der Waals surface area (Å²) in [5.74, 6) is 0.688. The lowest BCUT2D eigenvalue weighted by atomic mass is 10.1. The number of hydrogen-bond donors (Lipinski definition) is 1. The number of amides is 1. The molecule has 116 valence electrons. The van der Waals surface area contributed by atoms with Crippen molar-refractivity contribution in [1.29, 1.82) is 0 Å². The first kappa shape index (κ1) is 16.0. The third-order valence-corrected chi connectivity index (χ3v) is 4.32. The first-order valence-corrected chi connectivity index (χ1v) is 8.16. The molecule has 1 saturated heterocycles. The van der Waals surface area contributed by atoms with E-state index in [1.54, 1.807) is 0 Å². The van der Waals surface area contributed by atoms with Crippen molar-refractivity contribution in [1.82, 2.24) is 10.2 Å². The van der Waals surface area contributed by atoms with Crippen LogP contribution in [0.15, 0.2) is 30.3 Å². The predicted octanol–water partition coefficient (Wildman–Crippen LogP) is 3.20. The lowest BCUT2D eigenvalue weighted by Crippen LogP contribution is -2.46. The van der Waals surface area contributed by atoms with Gasteiger partial charge in [-0.15, -0.1) is 0 Å². The van der Waals surface area contributed by atoms with Crippen LogP contribution in [0.25, 0.3) is 0 Å². The van der Waals surface area contributed by atoms with Crippen molar-refractivity contribution < 1.29 is 4.79 Å². The van der Waals surface area contributed by atoms with E-state index in [1.165, 1.54) is 5.56 Å². The molecule has 0 aromatic heterocycles. The van der Waals surface area contributed by atoms with Crippen LogP contribution in [0, 0.1) is 5.92 Å². The fourth-order valence-corrected chi connectivity index (χ4v) is 3.23. The minimum atomic E-state index is -0.0842. The van der Waals surface area contributed by atoms with Crippen molar-refractivity contribution >= 4 is 5.91 Å². The second-order valence-corrected chi connectivity index (χ2v) is 6.48. The summed E-state index contributed by atoms with van der Waals surface area (Å²) in [5, 5.41) is 3.55. The van der Waals surface area contributed by atoms with E-state index in [9.17, 15) is 4.79 Å². The van der Waals surface area contributed by atoms with E-state index >= 15 is 0 Å². The molecule has 3 atom stereocenters. The predicted molar refractivity (Wildman–Crippen MR) is 86.9 cm³/mol. The van der Waals surface area contributed by atoms with Crippen LogP contribution in [-0.4, -0.2) is 29.1 Å². The highest BCUT2D eigenvalue weighted by Crippen LogP contribution is 2.24. The number of benzene rings is 1. The Balaban J connectivity index is 2.13. The SMILES string of the molecule is CCCC(C)N1C(=O)C(Cc2ccccc2)NC1C(C)C. The molecule has 1 aliphatic heterocycles. The van der Waals surface area contributed by atoms with E-state index < -0.39 is 0 Å². The molecule has 1 N–H and O–H groups in total. The van der Waals surface area contributed by atoms with E-state index in [0.29, 0.717) is 12.0 Å². The molecule has 1 fully saturated rings. The van der Waals surface area contributed by atoms with Crippen LogP contribution in [0.5, 0.6) is 0 Å². The summed E-state index contributed by atoms with van der Waals surface area (Å²) in [7, 11) is 0. The molecule has 3 unspecified atom stereocenters. The average molecular weight is 288 g/mol. The summed E-state index contributed by atoms with van der Waals surface area (Å²) < 4.78 is 0. The molecule has 1 heterocycles. The van der Waals surface area contributed by atoms with E-state index in [0.717, 1.165) is 19.3 Å². The molecule has 1 aromatic rings. The van der Waals surface area contributed by atoms with Gasteiger partial charge >= 0.3 is 0 Å². The highest BCUT2D eigenvalue weighted by atomic mass is 16.2. The number of hydrogen-bond acceptors (Lipinski definition) is 2. The number of rotatable bonds is 6. The third kappa shape index (κ3) is 3.65. The minimum absolute atomic E-state index is 0.0842. The fraction of sp³-hybridized carbons (Fsp3) is 0.611. The number of nitrogens with zero attached hydrogens (tertiary/aromatic N) is 1. The molecule has 21 heavy (non-hydrogen) atoms. The zero-order valence-electron chi connectivity index (χ0n) is 13.7. The minimum Gasteiger partial charge on any atom is -0.323 e. The van der Waals surface area contributed by atoms with Gasteiger partial charge in [-0.2, -0.15) is 0 Å². The molecule has 2 rings (SSSR count). The topological polar surface area (TPSA) is 32.3 Å². The first-order valence-electron chi connectivity index (χ1n) is 8.16. The zero-order valence-corrected chi connectivity index (χ0v) is 13.7. The van der Waals surface area contributed by atoms with Gasteiger partial charge in [-0.05, 0) is 31.2 Å². The Bertz CT molecular complexity index is 458. The van der Waals surface area contributed by atoms with Gasteiger partial charge in [-0.1, -0.05) is 57.5 Å². The summed E-state index contributed by atoms with van der Waals surface area (Å²) >= 11 is 0. The summed E-state index contributed by atoms with van der Waals surface area (Å²) in [6.07, 6.45) is 3.11. The van der Waals surface area contributed by atoms with Crippen molar-refractivity contribution in [2.75, 3.05) is 0 Å². The Morgan fingerprint density at radius 3 is 2.43 bits per heavy atom. The van der Waals surface area contributed by atoms with E-state index in [2.05, 4.69) is 50.0 Å². The van der Waals surface area contributed by atoms with Gasteiger partial charge in [-0.3, -0.25) is 10.1 Å². The second kappa shape index (κ2) is 7.08. The van der Waals surface area contributed by atoms with Gasteiger partial charge < -0.3 is 4.90 Å². The molecule has 0 bridgehead atoms. The van der Waals surface area contributed by atoms with Gasteiger partial charge in [0, 0.05) is 6.04 Å². The van der Waals surface area contributed by atoms with E-state index in [4.69, 9.17) is 0 Å². The van der Waals surface area contributed by atoms with Crippen LogP contribution < -0.4 is 5.32 Å². The van der Waals surface area contributed by atoms with Crippen molar-refractivity contribution in [2.24, 2.45) is 5.92 Å².